The number of hydrogen-bond donors (Lipinski definition) is 1. The van der Waals surface area contributed by atoms with Gasteiger partial charge in [0.1, 0.15) is 11.6 Å². The van der Waals surface area contributed by atoms with Gasteiger partial charge in [0.25, 0.3) is 5.69 Å². The van der Waals surface area contributed by atoms with E-state index in [0.717, 1.165) is 22.9 Å². The summed E-state index contributed by atoms with van der Waals surface area (Å²) in [6.45, 7) is 1.32. The Balaban J connectivity index is 1.47. The van der Waals surface area contributed by atoms with Gasteiger partial charge >= 0.3 is 0 Å². The molecule has 0 aliphatic carbocycles. The number of benzene rings is 2. The molecular weight excluding hydrogens is 397 g/mol. The first-order valence-electron chi connectivity index (χ1n) is 9.74. The molecule has 8 heteroatoms. The Morgan fingerprint density at radius 1 is 1.19 bits per heavy atom. The molecule has 2 aromatic heterocycles. The third-order valence-electron chi connectivity index (χ3n) is 5.63. The number of nitrogens with zero attached hydrogens (tertiary/aromatic N) is 4. The van der Waals surface area contributed by atoms with Crippen molar-refractivity contribution in [3.63, 3.8) is 0 Å². The van der Waals surface area contributed by atoms with E-state index in [0.29, 0.717) is 35.4 Å². The lowest BCUT2D eigenvalue weighted by molar-refractivity contribution is -0.384. The number of nitro groups is 1. The molecule has 0 saturated carbocycles. The Bertz CT molecular complexity index is 1430. The molecule has 0 fully saturated rings. The van der Waals surface area contributed by atoms with Crippen molar-refractivity contribution in [3.8, 4) is 6.07 Å². The summed E-state index contributed by atoms with van der Waals surface area (Å²) in [5.74, 6) is 0.389. The molecule has 1 N–H and O–H groups in total. The van der Waals surface area contributed by atoms with Crippen LogP contribution in [0.5, 0.6) is 0 Å². The monoisotopic (exact) mass is 413 g/mol. The van der Waals surface area contributed by atoms with Crippen molar-refractivity contribution >= 4 is 38.9 Å². The minimum Gasteiger partial charge on any atom is -0.360 e. The van der Waals surface area contributed by atoms with Crippen LogP contribution in [0.15, 0.2) is 54.7 Å². The summed E-state index contributed by atoms with van der Waals surface area (Å²) in [7, 11) is 0. The van der Waals surface area contributed by atoms with Gasteiger partial charge in [-0.15, -0.1) is 0 Å². The van der Waals surface area contributed by atoms with Crippen molar-refractivity contribution in [2.75, 3.05) is 18.0 Å². The normalized spacial score (nSPS) is 13.9. The van der Waals surface area contributed by atoms with Crippen LogP contribution >= 0.6 is 0 Å². The second-order valence-electron chi connectivity index (χ2n) is 7.42. The van der Waals surface area contributed by atoms with E-state index in [4.69, 9.17) is 0 Å². The van der Waals surface area contributed by atoms with E-state index in [9.17, 15) is 19.8 Å². The average Bonchev–Trinajstić information content (AvgIpc) is 3.21. The Labute approximate surface area is 176 Å². The number of fused-ring (bicyclic) bond motifs is 2. The lowest BCUT2D eigenvalue weighted by Crippen LogP contribution is -2.29. The molecule has 1 aliphatic rings. The van der Waals surface area contributed by atoms with Crippen LogP contribution in [-0.2, 0) is 0 Å². The molecule has 4 aromatic rings. The van der Waals surface area contributed by atoms with Crippen molar-refractivity contribution < 1.29 is 9.31 Å². The Morgan fingerprint density at radius 3 is 2.81 bits per heavy atom. The SMILES string of the molecule is N#Cc1cc(N2CC=C(c3c[nH]c4cc(F)ccc34)CC2)nc2ccc([N+](=O)[O-])cc12. The first kappa shape index (κ1) is 18.8. The van der Waals surface area contributed by atoms with Gasteiger partial charge in [-0.05, 0) is 42.3 Å². The van der Waals surface area contributed by atoms with Gasteiger partial charge in [-0.1, -0.05) is 6.08 Å². The Kier molecular flexibility index (Phi) is 4.37. The number of aromatic nitrogens is 2. The minimum atomic E-state index is -0.482. The predicted octanol–water partition coefficient (Wildman–Crippen LogP) is 4.93. The number of nitriles is 1. The zero-order valence-corrected chi connectivity index (χ0v) is 16.3. The van der Waals surface area contributed by atoms with E-state index in [-0.39, 0.29) is 11.5 Å². The number of non-ortho nitro benzene ring substituents is 1. The Morgan fingerprint density at radius 2 is 2.06 bits per heavy atom. The van der Waals surface area contributed by atoms with Crippen molar-refractivity contribution in [2.45, 2.75) is 6.42 Å². The number of pyridine rings is 1. The van der Waals surface area contributed by atoms with Gasteiger partial charge in [-0.3, -0.25) is 10.1 Å². The van der Waals surface area contributed by atoms with Crippen LogP contribution in [0.2, 0.25) is 0 Å². The van der Waals surface area contributed by atoms with Crippen molar-refractivity contribution in [3.05, 3.63) is 81.8 Å². The van der Waals surface area contributed by atoms with E-state index >= 15 is 0 Å². The molecule has 2 aromatic carbocycles. The highest BCUT2D eigenvalue weighted by molar-refractivity contribution is 5.93. The summed E-state index contributed by atoms with van der Waals surface area (Å²) in [6.07, 6.45) is 4.79. The van der Waals surface area contributed by atoms with Crippen LogP contribution in [0.4, 0.5) is 15.9 Å². The Hall–Kier alpha value is -4.25. The minimum absolute atomic E-state index is 0.0669. The van der Waals surface area contributed by atoms with Crippen LogP contribution in [0.25, 0.3) is 27.4 Å². The summed E-state index contributed by atoms with van der Waals surface area (Å²) in [5.41, 5.74) is 3.84. The molecule has 0 unspecified atom stereocenters. The molecule has 5 rings (SSSR count). The highest BCUT2D eigenvalue weighted by Crippen LogP contribution is 2.32. The second kappa shape index (κ2) is 7.22. The van der Waals surface area contributed by atoms with E-state index in [2.05, 4.69) is 27.0 Å². The van der Waals surface area contributed by atoms with Crippen LogP contribution in [0.3, 0.4) is 0 Å². The van der Waals surface area contributed by atoms with Gasteiger partial charge in [0.05, 0.1) is 22.1 Å². The summed E-state index contributed by atoms with van der Waals surface area (Å²) < 4.78 is 13.5. The summed E-state index contributed by atoms with van der Waals surface area (Å²) in [5, 5.41) is 22.1. The third kappa shape index (κ3) is 3.26. The van der Waals surface area contributed by atoms with Crippen molar-refractivity contribution in [1.29, 1.82) is 5.26 Å². The molecular formula is C23H16FN5O2. The van der Waals surface area contributed by atoms with Gasteiger partial charge in [-0.2, -0.15) is 5.26 Å². The molecule has 1 aliphatic heterocycles. The van der Waals surface area contributed by atoms with Crippen LogP contribution in [0.1, 0.15) is 17.5 Å². The lowest BCUT2D eigenvalue weighted by atomic mass is 9.98. The second-order valence-corrected chi connectivity index (χ2v) is 7.42. The number of halogens is 1. The lowest BCUT2D eigenvalue weighted by Gasteiger charge is -2.28. The van der Waals surface area contributed by atoms with Gasteiger partial charge in [-0.25, -0.2) is 9.37 Å². The average molecular weight is 413 g/mol. The van der Waals surface area contributed by atoms with Crippen LogP contribution < -0.4 is 4.90 Å². The number of aromatic amines is 1. The molecule has 0 spiro atoms. The van der Waals surface area contributed by atoms with Gasteiger partial charge in [0.2, 0.25) is 0 Å². The van der Waals surface area contributed by atoms with E-state index in [1.54, 1.807) is 18.2 Å². The number of nitro benzene ring substituents is 1. The maximum absolute atomic E-state index is 13.5. The predicted molar refractivity (Wildman–Crippen MR) is 116 cm³/mol. The molecule has 0 radical (unpaired) electrons. The number of rotatable bonds is 3. The van der Waals surface area contributed by atoms with Gasteiger partial charge in [0.15, 0.2) is 0 Å². The van der Waals surface area contributed by atoms with Crippen LogP contribution in [0, 0.1) is 27.3 Å². The largest absolute Gasteiger partial charge is 0.360 e. The van der Waals surface area contributed by atoms with E-state index in [1.165, 1.54) is 29.8 Å². The van der Waals surface area contributed by atoms with Gasteiger partial charge < -0.3 is 9.88 Å². The molecule has 31 heavy (non-hydrogen) atoms. The molecule has 0 amide bonds. The summed E-state index contributed by atoms with van der Waals surface area (Å²) in [6, 6.07) is 12.9. The number of hydrogen-bond acceptors (Lipinski definition) is 5. The molecule has 0 bridgehead atoms. The number of H-pyrrole nitrogens is 1. The fourth-order valence-electron chi connectivity index (χ4n) is 4.05. The summed E-state index contributed by atoms with van der Waals surface area (Å²) in [4.78, 5) is 20.4. The number of anilines is 1. The highest BCUT2D eigenvalue weighted by atomic mass is 19.1. The third-order valence-corrected chi connectivity index (χ3v) is 5.63. The quantitative estimate of drug-likeness (QED) is 0.379. The topological polar surface area (TPSA) is 98.8 Å². The molecule has 0 saturated heterocycles. The fraction of sp³-hybridized carbons (Fsp3) is 0.130. The van der Waals surface area contributed by atoms with E-state index in [1.807, 2.05) is 6.20 Å². The molecule has 3 heterocycles. The summed E-state index contributed by atoms with van der Waals surface area (Å²) >= 11 is 0. The van der Waals surface area contributed by atoms with Crippen molar-refractivity contribution in [2.24, 2.45) is 0 Å². The number of nitrogens with one attached hydrogen (secondary N) is 1. The molecule has 0 atom stereocenters. The fourth-order valence-corrected chi connectivity index (χ4v) is 4.05. The standard InChI is InChI=1S/C23H16FN5O2/c24-16-1-3-18-20(13-26-22(18)10-16)14-5-7-28(8-6-14)23-9-15(12-25)19-11-17(29(30)31)2-4-21(19)27-23/h1-5,9-11,13,26H,6-8H2. The highest BCUT2D eigenvalue weighted by Gasteiger charge is 2.19. The maximum Gasteiger partial charge on any atom is 0.270 e. The first-order chi connectivity index (χ1) is 15.0. The molecule has 7 nitrogen and oxygen atoms in total. The van der Waals surface area contributed by atoms with Crippen molar-refractivity contribution in [1.82, 2.24) is 9.97 Å². The first-order valence-corrected chi connectivity index (χ1v) is 9.74. The van der Waals surface area contributed by atoms with Gasteiger partial charge in [0, 0.05) is 53.3 Å². The van der Waals surface area contributed by atoms with E-state index < -0.39 is 4.92 Å². The smallest absolute Gasteiger partial charge is 0.270 e. The maximum atomic E-state index is 13.5. The zero-order valence-electron chi connectivity index (χ0n) is 16.3. The zero-order chi connectivity index (χ0) is 21.5. The molecule has 152 valence electrons. The van der Waals surface area contributed by atoms with Crippen LogP contribution in [-0.4, -0.2) is 28.0 Å².